The Morgan fingerprint density at radius 3 is 2.10 bits per heavy atom. The van der Waals surface area contributed by atoms with Gasteiger partial charge in [0.2, 0.25) is 23.6 Å². The number of aliphatic imine (C=N–C) groups is 1. The second-order valence-corrected chi connectivity index (χ2v) is 19.3. The van der Waals surface area contributed by atoms with Crippen molar-refractivity contribution >= 4 is 47.4 Å². The third-order valence-corrected chi connectivity index (χ3v) is 13.0. The zero-order chi connectivity index (χ0) is 52.2. The average Bonchev–Trinajstić information content (AvgIpc) is 3.94. The van der Waals surface area contributed by atoms with E-state index < -0.39 is 78.1 Å². The Morgan fingerprint density at radius 1 is 0.871 bits per heavy atom. The molecule has 0 aliphatic carbocycles. The first-order chi connectivity index (χ1) is 33.2. The highest BCUT2D eigenvalue weighted by molar-refractivity contribution is 6.12. The first kappa shape index (κ1) is 58.9. The van der Waals surface area contributed by atoms with Crippen molar-refractivity contribution in [2.24, 2.45) is 28.7 Å². The van der Waals surface area contributed by atoms with Crippen molar-refractivity contribution in [2.45, 2.75) is 130 Å². The molecule has 3 rings (SSSR count). The number of ether oxygens (including phenoxy) is 4. The maximum absolute atomic E-state index is 14.4. The number of carbonyl (C=O) groups is 7. The smallest absolute Gasteiger partial charge is 0.407 e. The number of imide groups is 1. The first-order valence-electron chi connectivity index (χ1n) is 24.7. The predicted molar refractivity (Wildman–Crippen MR) is 266 cm³/mol. The number of alkyl carbamates (subject to hydrolysis) is 1. The molecule has 0 radical (unpaired) electrons. The molecule has 1 saturated heterocycles. The second kappa shape index (κ2) is 29.1. The van der Waals surface area contributed by atoms with Gasteiger partial charge in [0.05, 0.1) is 62.4 Å². The molecule has 0 unspecified atom stereocenters. The van der Waals surface area contributed by atoms with Gasteiger partial charge in [-0.2, -0.15) is 0 Å². The molecule has 392 valence electrons. The molecule has 2 aliphatic heterocycles. The van der Waals surface area contributed by atoms with E-state index >= 15 is 0 Å². The highest BCUT2D eigenvalue weighted by Gasteiger charge is 2.43. The van der Waals surface area contributed by atoms with E-state index in [9.17, 15) is 33.6 Å². The molecule has 0 bridgehead atoms. The van der Waals surface area contributed by atoms with E-state index in [1.165, 1.54) is 19.3 Å². The minimum Gasteiger partial charge on any atom is -0.447 e. The molecule has 1 aromatic carbocycles. The van der Waals surface area contributed by atoms with E-state index in [-0.39, 0.29) is 75.3 Å². The van der Waals surface area contributed by atoms with Gasteiger partial charge in [-0.15, -0.1) is 0 Å². The largest absolute Gasteiger partial charge is 0.447 e. The van der Waals surface area contributed by atoms with Crippen LogP contribution in [0.15, 0.2) is 47.5 Å². The summed E-state index contributed by atoms with van der Waals surface area (Å²) in [5.41, 5.74) is 0.810. The van der Waals surface area contributed by atoms with Crippen LogP contribution in [-0.2, 0) is 54.1 Å². The minimum atomic E-state index is -1.01. The molecule has 0 aromatic heterocycles. The van der Waals surface area contributed by atoms with Gasteiger partial charge in [0.15, 0.2) is 0 Å². The number of methoxy groups -OCH3 is 2. The Hall–Kier alpha value is -5.40. The number of carbonyl (C=O) groups excluding carboxylic acids is 7. The van der Waals surface area contributed by atoms with Gasteiger partial charge in [0.1, 0.15) is 24.5 Å². The van der Waals surface area contributed by atoms with Crippen LogP contribution in [0, 0.1) is 23.7 Å². The lowest BCUT2D eigenvalue weighted by Gasteiger charge is -2.40. The molecule has 1 fully saturated rings. The molecule has 1 aromatic rings. The summed E-state index contributed by atoms with van der Waals surface area (Å²) in [6.07, 6.45) is 2.52. The van der Waals surface area contributed by atoms with E-state index in [2.05, 4.69) is 43.6 Å². The Morgan fingerprint density at radius 2 is 1.53 bits per heavy atom. The van der Waals surface area contributed by atoms with Crippen LogP contribution in [0.1, 0.15) is 86.6 Å². The number of benzene rings is 1. The number of amides is 7. The lowest BCUT2D eigenvalue weighted by Crippen LogP contribution is -2.56. The van der Waals surface area contributed by atoms with Gasteiger partial charge in [-0.1, -0.05) is 85.2 Å². The molecule has 2 aliphatic rings. The maximum Gasteiger partial charge on any atom is 0.407 e. The summed E-state index contributed by atoms with van der Waals surface area (Å²) in [7, 11) is 8.71. The van der Waals surface area contributed by atoms with Gasteiger partial charge in [0.25, 0.3) is 11.8 Å². The molecule has 70 heavy (non-hydrogen) atoms. The SMILES string of the molecule is CC[C@H](C)[C@@H]([C@@H](CC(=O)N1CCC[C@H]1[C@H](OC)[C@@H](C)C(=O)N[C@@H](Cc1ccccc1)C(=O)N[C@@H](C)COC(=O)NCCOCCN1C(=O)C=CC1=O)OC)N(C)C(=O)[C@@H](/N=C(\C(C)C)N(C)C)C(C)C. The fourth-order valence-electron chi connectivity index (χ4n) is 9.06. The summed E-state index contributed by atoms with van der Waals surface area (Å²) in [6, 6.07) is 6.11. The highest BCUT2D eigenvalue weighted by Crippen LogP contribution is 2.30. The Balaban J connectivity index is 1.68. The summed E-state index contributed by atoms with van der Waals surface area (Å²) in [5, 5.41) is 8.34. The third kappa shape index (κ3) is 17.2. The maximum atomic E-state index is 14.4. The van der Waals surface area contributed by atoms with Crippen LogP contribution < -0.4 is 16.0 Å². The topological polar surface area (TPSA) is 218 Å². The summed E-state index contributed by atoms with van der Waals surface area (Å²) < 4.78 is 22.8. The first-order valence-corrected chi connectivity index (χ1v) is 24.7. The van der Waals surface area contributed by atoms with Crippen LogP contribution in [-0.4, -0.2) is 184 Å². The van der Waals surface area contributed by atoms with Crippen molar-refractivity contribution in [3.8, 4) is 0 Å². The molecule has 9 atom stereocenters. The van der Waals surface area contributed by atoms with Crippen molar-refractivity contribution in [1.29, 1.82) is 0 Å². The van der Waals surface area contributed by atoms with Crippen LogP contribution in [0.2, 0.25) is 0 Å². The number of nitrogens with zero attached hydrogens (tertiary/aromatic N) is 5. The van der Waals surface area contributed by atoms with E-state index in [0.717, 1.165) is 22.7 Å². The molecule has 2 heterocycles. The number of likely N-dealkylation sites (N-methyl/N-ethyl adjacent to an activating group) is 1. The van der Waals surface area contributed by atoms with E-state index in [1.54, 1.807) is 37.8 Å². The monoisotopic (exact) mass is 983 g/mol. The fourth-order valence-corrected chi connectivity index (χ4v) is 9.06. The van der Waals surface area contributed by atoms with Gasteiger partial charge in [-0.05, 0) is 37.2 Å². The lowest BCUT2D eigenvalue weighted by molar-refractivity contribution is -0.146. The fraction of sp³-hybridized carbons (Fsp3) is 0.686. The van der Waals surface area contributed by atoms with Gasteiger partial charge in [-0.3, -0.25) is 38.7 Å². The van der Waals surface area contributed by atoms with E-state index in [0.29, 0.717) is 19.4 Å². The highest BCUT2D eigenvalue weighted by atomic mass is 16.5. The van der Waals surface area contributed by atoms with Crippen molar-refractivity contribution in [3.63, 3.8) is 0 Å². The molecule has 3 N–H and O–H groups in total. The lowest BCUT2D eigenvalue weighted by atomic mass is 9.89. The number of hydrogen-bond acceptors (Lipinski definition) is 12. The van der Waals surface area contributed by atoms with E-state index in [1.807, 2.05) is 63.2 Å². The van der Waals surface area contributed by atoms with Crippen molar-refractivity contribution < 1.29 is 52.5 Å². The average molecular weight is 983 g/mol. The number of hydrogen-bond donors (Lipinski definition) is 3. The number of nitrogens with one attached hydrogen (secondary N) is 3. The summed E-state index contributed by atoms with van der Waals surface area (Å²) in [4.78, 5) is 104. The van der Waals surface area contributed by atoms with Crippen molar-refractivity contribution in [1.82, 2.24) is 35.6 Å². The number of amidine groups is 1. The number of rotatable bonds is 28. The second-order valence-electron chi connectivity index (χ2n) is 19.3. The van der Waals surface area contributed by atoms with Gasteiger partial charge < -0.3 is 49.6 Å². The summed E-state index contributed by atoms with van der Waals surface area (Å²) >= 11 is 0. The molecule has 19 heteroatoms. The van der Waals surface area contributed by atoms with Crippen molar-refractivity contribution in [2.75, 3.05) is 74.8 Å². The third-order valence-electron chi connectivity index (χ3n) is 13.0. The summed E-state index contributed by atoms with van der Waals surface area (Å²) in [5.74, 6) is -1.97. The van der Waals surface area contributed by atoms with Crippen LogP contribution in [0.25, 0.3) is 0 Å². The normalized spacial score (nSPS) is 18.5. The quantitative estimate of drug-likeness (QED) is 0.0477. The van der Waals surface area contributed by atoms with Gasteiger partial charge in [-0.25, -0.2) is 4.79 Å². The van der Waals surface area contributed by atoms with Crippen LogP contribution >= 0.6 is 0 Å². The Kier molecular flexibility index (Phi) is 24.5. The molecule has 7 amide bonds. The molecule has 0 spiro atoms. The number of likely N-dealkylation sites (tertiary alicyclic amines) is 1. The van der Waals surface area contributed by atoms with Crippen LogP contribution in [0.5, 0.6) is 0 Å². The zero-order valence-corrected chi connectivity index (χ0v) is 43.9. The predicted octanol–water partition coefficient (Wildman–Crippen LogP) is 3.45. The minimum absolute atomic E-state index is 0.00378. The van der Waals surface area contributed by atoms with Crippen molar-refractivity contribution in [3.05, 3.63) is 48.0 Å². The molecule has 19 nitrogen and oxygen atoms in total. The van der Waals surface area contributed by atoms with Gasteiger partial charge in [0, 0.05) is 72.9 Å². The molecule has 0 saturated carbocycles. The van der Waals surface area contributed by atoms with Crippen LogP contribution in [0.3, 0.4) is 0 Å². The standard InChI is InChI=1S/C51H82N8O11/c1-14-34(6)45(57(11)50(65)44(32(2)3)55-47(33(4)5)56(9)10)40(67-12)30-43(62)58-25-18-21-39(58)46(68-13)36(8)48(63)54-38(29-37-19-16-15-17-20-37)49(64)53-35(7)31-70-51(66)52-24-27-69-28-26-59-41(60)22-23-42(59)61/h15-17,19-20,22-23,32-36,38-40,44-46H,14,18,21,24-31H2,1-13H3,(H,52,66)(H,53,64)(H,54,63)/b55-47+/t34-,35-,36+,38-,39-,40+,44-,45-,46+/m0/s1. The summed E-state index contributed by atoms with van der Waals surface area (Å²) in [6.45, 7) is 16.3. The Labute approximate surface area is 415 Å². The zero-order valence-electron chi connectivity index (χ0n) is 43.9. The van der Waals surface area contributed by atoms with E-state index in [4.69, 9.17) is 23.9 Å². The van der Waals surface area contributed by atoms with Gasteiger partial charge >= 0.3 is 6.09 Å². The molecular weight excluding hydrogens is 901 g/mol. The Bertz CT molecular complexity index is 1920. The van der Waals surface area contributed by atoms with Crippen LogP contribution in [0.4, 0.5) is 4.79 Å². The molecular formula is C51H82N8O11.